The Balaban J connectivity index is 1.66. The fraction of sp³-hybridized carbons (Fsp3) is 0.435. The molecule has 3 unspecified atom stereocenters. The predicted molar refractivity (Wildman–Crippen MR) is 128 cm³/mol. The molecule has 2 aromatic rings. The summed E-state index contributed by atoms with van der Waals surface area (Å²) in [6, 6.07) is 6.47. The number of thiazole rings is 1. The van der Waals surface area contributed by atoms with Crippen LogP contribution in [0.4, 0.5) is 0 Å². The van der Waals surface area contributed by atoms with Crippen molar-refractivity contribution in [2.75, 3.05) is 6.54 Å². The van der Waals surface area contributed by atoms with Crippen molar-refractivity contribution in [1.29, 1.82) is 0 Å². The minimum atomic E-state index is -0.768. The van der Waals surface area contributed by atoms with Gasteiger partial charge in [0.25, 0.3) is 0 Å². The lowest BCUT2D eigenvalue weighted by Crippen LogP contribution is -2.55. The van der Waals surface area contributed by atoms with Gasteiger partial charge in [0, 0.05) is 31.9 Å². The summed E-state index contributed by atoms with van der Waals surface area (Å²) in [6.45, 7) is 6.12. The van der Waals surface area contributed by atoms with E-state index in [2.05, 4.69) is 10.3 Å². The van der Waals surface area contributed by atoms with Crippen molar-refractivity contribution in [2.45, 2.75) is 51.9 Å². The second kappa shape index (κ2) is 10.8. The van der Waals surface area contributed by atoms with Gasteiger partial charge in [-0.3, -0.25) is 9.59 Å². The number of carbonyl (C=O) groups is 2. The van der Waals surface area contributed by atoms with E-state index < -0.39 is 18.2 Å². The lowest BCUT2D eigenvalue weighted by Gasteiger charge is -2.34. The van der Waals surface area contributed by atoms with E-state index in [-0.39, 0.29) is 30.7 Å². The number of aliphatic hydroxyl groups excluding tert-OH is 1. The van der Waals surface area contributed by atoms with Crippen LogP contribution in [-0.4, -0.2) is 56.5 Å². The largest absolute Gasteiger partial charge is 0.403 e. The smallest absolute Gasteiger partial charge is 0.247 e. The minimum absolute atomic E-state index is 0.0865. The summed E-state index contributed by atoms with van der Waals surface area (Å²) in [4.78, 5) is 33.0. The van der Waals surface area contributed by atoms with E-state index in [1.165, 1.54) is 22.3 Å². The van der Waals surface area contributed by atoms with E-state index >= 15 is 0 Å². The summed E-state index contributed by atoms with van der Waals surface area (Å²) in [5.74, 6) is 5.26. The third-order valence-electron chi connectivity index (χ3n) is 5.76. The van der Waals surface area contributed by atoms with Crippen LogP contribution >= 0.6 is 11.3 Å². The molecule has 0 radical (unpaired) electrons. The number of aryl methyl sites for hydroxylation is 1. The van der Waals surface area contributed by atoms with Crippen LogP contribution in [0, 0.1) is 12.8 Å². The molecule has 1 aromatic heterocycles. The highest BCUT2D eigenvalue weighted by atomic mass is 32.1. The van der Waals surface area contributed by atoms with E-state index in [1.807, 2.05) is 50.5 Å². The van der Waals surface area contributed by atoms with Crippen LogP contribution < -0.4 is 16.9 Å². The summed E-state index contributed by atoms with van der Waals surface area (Å²) >= 11 is 1.59. The number of hydrazine groups is 1. The van der Waals surface area contributed by atoms with Gasteiger partial charge >= 0.3 is 0 Å². The van der Waals surface area contributed by atoms with E-state index in [0.717, 1.165) is 21.7 Å². The van der Waals surface area contributed by atoms with E-state index in [1.54, 1.807) is 11.3 Å². The zero-order valence-electron chi connectivity index (χ0n) is 19.1. The first-order valence-electron chi connectivity index (χ1n) is 10.9. The number of nitrogens with one attached hydrogen (secondary N) is 1. The number of amides is 2. The second-order valence-electron chi connectivity index (χ2n) is 8.56. The lowest BCUT2D eigenvalue weighted by molar-refractivity contribution is -0.143. The fourth-order valence-electron chi connectivity index (χ4n) is 4.08. The summed E-state index contributed by atoms with van der Waals surface area (Å²) in [5, 5.41) is 14.4. The Morgan fingerprint density at radius 3 is 2.64 bits per heavy atom. The van der Waals surface area contributed by atoms with Gasteiger partial charge < -0.3 is 26.1 Å². The highest BCUT2D eigenvalue weighted by molar-refractivity contribution is 7.13. The monoisotopic (exact) mass is 472 g/mol. The summed E-state index contributed by atoms with van der Waals surface area (Å²) < 4.78 is 0. The van der Waals surface area contributed by atoms with Crippen molar-refractivity contribution in [2.24, 2.45) is 17.5 Å². The Bertz CT molecular complexity index is 990. The average molecular weight is 473 g/mol. The minimum Gasteiger partial charge on any atom is -0.403 e. The van der Waals surface area contributed by atoms with Gasteiger partial charge in [-0.2, -0.15) is 0 Å². The van der Waals surface area contributed by atoms with E-state index in [9.17, 15) is 14.7 Å². The van der Waals surface area contributed by atoms with Gasteiger partial charge in [-0.15, -0.1) is 11.3 Å². The molecular weight excluding hydrogens is 440 g/mol. The second-order valence-corrected chi connectivity index (χ2v) is 9.41. The maximum Gasteiger partial charge on any atom is 0.247 e. The molecule has 3 atom stereocenters. The number of benzene rings is 1. The van der Waals surface area contributed by atoms with Gasteiger partial charge in [0.05, 0.1) is 22.2 Å². The van der Waals surface area contributed by atoms with Crippen molar-refractivity contribution < 1.29 is 14.7 Å². The third kappa shape index (κ3) is 5.70. The molecule has 33 heavy (non-hydrogen) atoms. The van der Waals surface area contributed by atoms with E-state index in [4.69, 9.17) is 11.6 Å². The molecule has 0 bridgehead atoms. The molecule has 0 aliphatic carbocycles. The highest BCUT2D eigenvalue weighted by Crippen LogP contribution is 2.27. The molecule has 10 heteroatoms. The van der Waals surface area contributed by atoms with Gasteiger partial charge in [-0.1, -0.05) is 38.1 Å². The molecule has 2 heterocycles. The molecule has 2 amide bonds. The van der Waals surface area contributed by atoms with Crippen molar-refractivity contribution in [1.82, 2.24) is 20.2 Å². The molecule has 6 N–H and O–H groups in total. The van der Waals surface area contributed by atoms with Crippen molar-refractivity contribution in [3.8, 4) is 10.4 Å². The Morgan fingerprint density at radius 1 is 1.36 bits per heavy atom. The number of carbonyl (C=O) groups excluding carboxylic acids is 2. The van der Waals surface area contributed by atoms with Crippen LogP contribution in [0.2, 0.25) is 0 Å². The molecular formula is C23H32N6O3S. The Kier molecular flexibility index (Phi) is 8.06. The molecule has 3 rings (SSSR count). The van der Waals surface area contributed by atoms with E-state index in [0.29, 0.717) is 6.54 Å². The summed E-state index contributed by atoms with van der Waals surface area (Å²) in [6.07, 6.45) is 2.09. The first-order chi connectivity index (χ1) is 15.7. The fourth-order valence-corrected chi connectivity index (χ4v) is 4.90. The van der Waals surface area contributed by atoms with Gasteiger partial charge in [-0.25, -0.2) is 10.8 Å². The number of aromatic nitrogens is 1. The number of β-amino-alcohol motifs (C(OH)–C–C–N with tert-alkyl or cyclic N) is 1. The standard InChI is InChI=1S/C23H32N6O3S/c1-14(2)20(29(25)9-8-24)23(32)28-12-18(30)10-19(28)22(31)26-11-16-4-6-17(7-5-16)21-15(3)27-13-33-21/h4-9,13-14,18-20,30H,10-12,24-25H2,1-3H3,(H,26,31)/b9-8-. The Hall–Kier alpha value is -2.95. The molecule has 1 fully saturated rings. The first kappa shape index (κ1) is 24.7. The number of nitrogens with zero attached hydrogens (tertiary/aromatic N) is 3. The average Bonchev–Trinajstić information content (AvgIpc) is 3.38. The number of aliphatic hydroxyl groups is 1. The van der Waals surface area contributed by atoms with Crippen LogP contribution in [0.3, 0.4) is 0 Å². The number of nitrogens with two attached hydrogens (primary N) is 2. The van der Waals surface area contributed by atoms with Gasteiger partial charge in [0.2, 0.25) is 11.8 Å². The number of rotatable bonds is 8. The van der Waals surface area contributed by atoms with Crippen LogP contribution in [0.5, 0.6) is 0 Å². The van der Waals surface area contributed by atoms with Gasteiger partial charge in [0.1, 0.15) is 12.1 Å². The quantitative estimate of drug-likeness (QED) is 0.336. The molecule has 0 spiro atoms. The molecule has 1 aliphatic rings. The van der Waals surface area contributed by atoms with Crippen LogP contribution in [0.1, 0.15) is 31.5 Å². The maximum absolute atomic E-state index is 13.2. The molecule has 9 nitrogen and oxygen atoms in total. The number of hydrogen-bond acceptors (Lipinski definition) is 8. The molecule has 0 saturated carbocycles. The van der Waals surface area contributed by atoms with Crippen LogP contribution in [-0.2, 0) is 16.1 Å². The topological polar surface area (TPSA) is 138 Å². The normalized spacial score (nSPS) is 19.3. The Morgan fingerprint density at radius 2 is 2.06 bits per heavy atom. The van der Waals surface area contributed by atoms with Crippen molar-refractivity contribution >= 4 is 23.2 Å². The zero-order valence-corrected chi connectivity index (χ0v) is 20.0. The van der Waals surface area contributed by atoms with Crippen LogP contribution in [0.15, 0.2) is 42.2 Å². The van der Waals surface area contributed by atoms with Gasteiger partial charge in [0.15, 0.2) is 0 Å². The summed E-state index contributed by atoms with van der Waals surface area (Å²) in [5.41, 5.74) is 10.3. The molecule has 1 saturated heterocycles. The Labute approximate surface area is 198 Å². The molecule has 178 valence electrons. The van der Waals surface area contributed by atoms with Gasteiger partial charge in [-0.05, 0) is 24.0 Å². The maximum atomic E-state index is 13.2. The van der Waals surface area contributed by atoms with Crippen LogP contribution in [0.25, 0.3) is 10.4 Å². The third-order valence-corrected chi connectivity index (χ3v) is 6.73. The SMILES string of the molecule is Cc1ncsc1-c1ccc(CNC(=O)C2CC(O)CN2C(=O)C(C(C)C)N(N)/C=C\N)cc1. The first-order valence-corrected chi connectivity index (χ1v) is 11.8. The zero-order chi connectivity index (χ0) is 24.1. The lowest BCUT2D eigenvalue weighted by atomic mass is 10.0. The molecule has 1 aromatic carbocycles. The highest BCUT2D eigenvalue weighted by Gasteiger charge is 2.42. The molecule has 1 aliphatic heterocycles. The number of likely N-dealkylation sites (tertiary alicyclic amines) is 1. The number of hydrogen-bond donors (Lipinski definition) is 4. The van der Waals surface area contributed by atoms with Crippen molar-refractivity contribution in [3.63, 3.8) is 0 Å². The summed E-state index contributed by atoms with van der Waals surface area (Å²) in [7, 11) is 0. The van der Waals surface area contributed by atoms with Crippen molar-refractivity contribution in [3.05, 3.63) is 53.4 Å². The predicted octanol–water partition coefficient (Wildman–Crippen LogP) is 1.33.